The molecule has 1 aliphatic rings. The Kier molecular flexibility index (Phi) is 8.15. The number of carbonyl (C=O) groups is 1. The first-order valence-corrected chi connectivity index (χ1v) is 8.29. The molecule has 4 nitrogen and oxygen atoms in total. The Bertz CT molecular complexity index is 275. The van der Waals surface area contributed by atoms with Crippen LogP contribution in [0.4, 0.5) is 0 Å². The second kappa shape index (κ2) is 9.35. The third kappa shape index (κ3) is 5.41. The van der Waals surface area contributed by atoms with Crippen molar-refractivity contribution < 1.29 is 4.79 Å². The molecule has 0 aromatic rings. The maximum atomic E-state index is 12.1. The third-order valence-corrected chi connectivity index (χ3v) is 4.74. The van der Waals surface area contributed by atoms with Crippen LogP contribution in [0.15, 0.2) is 0 Å². The summed E-state index contributed by atoms with van der Waals surface area (Å²) < 4.78 is 0. The van der Waals surface area contributed by atoms with Crippen LogP contribution in [-0.2, 0) is 4.79 Å². The van der Waals surface area contributed by atoms with E-state index in [0.717, 1.165) is 32.0 Å². The lowest BCUT2D eigenvalue weighted by Gasteiger charge is -2.37. The minimum atomic E-state index is 0.0162. The smallest absolute Gasteiger partial charge is 0.237 e. The van der Waals surface area contributed by atoms with Crippen molar-refractivity contribution in [3.8, 4) is 0 Å². The van der Waals surface area contributed by atoms with Crippen molar-refractivity contribution >= 4 is 5.91 Å². The Morgan fingerprint density at radius 2 is 1.90 bits per heavy atom. The molecule has 1 saturated heterocycles. The molecular weight excluding hydrogens is 250 g/mol. The summed E-state index contributed by atoms with van der Waals surface area (Å²) in [6.07, 6.45) is 5.87. The van der Waals surface area contributed by atoms with Gasteiger partial charge in [0.25, 0.3) is 0 Å². The zero-order valence-corrected chi connectivity index (χ0v) is 13.7. The Balaban J connectivity index is 2.27. The van der Waals surface area contributed by atoms with E-state index < -0.39 is 0 Å². The second-order valence-corrected chi connectivity index (χ2v) is 6.12. The van der Waals surface area contributed by atoms with Crippen molar-refractivity contribution in [3.05, 3.63) is 0 Å². The molecule has 2 atom stereocenters. The Morgan fingerprint density at radius 1 is 1.25 bits per heavy atom. The lowest BCUT2D eigenvalue weighted by atomic mass is 9.90. The Labute approximate surface area is 124 Å². The summed E-state index contributed by atoms with van der Waals surface area (Å²) in [7, 11) is 2.03. The highest BCUT2D eigenvalue weighted by atomic mass is 16.2. The number of rotatable bonds is 8. The average molecular weight is 283 g/mol. The fraction of sp³-hybridized carbons (Fsp3) is 0.938. The fourth-order valence-corrected chi connectivity index (χ4v) is 2.94. The first kappa shape index (κ1) is 17.4. The van der Waals surface area contributed by atoms with E-state index in [9.17, 15) is 4.79 Å². The minimum Gasteiger partial charge on any atom is -0.355 e. The highest BCUT2D eigenvalue weighted by molar-refractivity contribution is 5.81. The number of nitrogens with one attached hydrogen (secondary N) is 2. The van der Waals surface area contributed by atoms with E-state index in [4.69, 9.17) is 0 Å². The first-order valence-electron chi connectivity index (χ1n) is 8.29. The number of likely N-dealkylation sites (tertiary alicyclic amines) is 1. The molecule has 1 rings (SSSR count). The van der Waals surface area contributed by atoms with Crippen LogP contribution in [0.3, 0.4) is 0 Å². The van der Waals surface area contributed by atoms with Gasteiger partial charge in [-0.25, -0.2) is 0 Å². The van der Waals surface area contributed by atoms with Crippen molar-refractivity contribution in [1.82, 2.24) is 15.5 Å². The van der Waals surface area contributed by atoms with Crippen molar-refractivity contribution in [2.24, 2.45) is 5.92 Å². The summed E-state index contributed by atoms with van der Waals surface area (Å²) in [5, 5.41) is 6.41. The minimum absolute atomic E-state index is 0.0162. The highest BCUT2D eigenvalue weighted by Crippen LogP contribution is 2.21. The van der Waals surface area contributed by atoms with Crippen LogP contribution in [0.2, 0.25) is 0 Å². The van der Waals surface area contributed by atoms with Gasteiger partial charge in [-0.15, -0.1) is 0 Å². The van der Waals surface area contributed by atoms with Gasteiger partial charge in [0.15, 0.2) is 0 Å². The molecule has 2 unspecified atom stereocenters. The molecule has 20 heavy (non-hydrogen) atoms. The number of amides is 1. The number of unbranched alkanes of at least 4 members (excludes halogenated alkanes) is 2. The zero-order valence-electron chi connectivity index (χ0n) is 13.7. The van der Waals surface area contributed by atoms with Crippen molar-refractivity contribution in [1.29, 1.82) is 0 Å². The molecule has 0 saturated carbocycles. The predicted molar refractivity (Wildman–Crippen MR) is 84.8 cm³/mol. The molecule has 1 fully saturated rings. The molecule has 118 valence electrons. The maximum absolute atomic E-state index is 12.1. The molecule has 1 amide bonds. The predicted octanol–water partition coefficient (Wildman–Crippen LogP) is 2.00. The molecule has 0 radical (unpaired) electrons. The van der Waals surface area contributed by atoms with Crippen LogP contribution in [-0.4, -0.2) is 49.6 Å². The third-order valence-electron chi connectivity index (χ3n) is 4.74. The van der Waals surface area contributed by atoms with E-state index in [2.05, 4.69) is 29.4 Å². The molecule has 2 N–H and O–H groups in total. The van der Waals surface area contributed by atoms with Crippen LogP contribution >= 0.6 is 0 Å². The van der Waals surface area contributed by atoms with E-state index in [1.807, 2.05) is 14.0 Å². The molecule has 0 aliphatic carbocycles. The topological polar surface area (TPSA) is 44.4 Å². The molecule has 1 heterocycles. The summed E-state index contributed by atoms with van der Waals surface area (Å²) in [5.74, 6) is 0.942. The van der Waals surface area contributed by atoms with E-state index in [0.29, 0.717) is 6.04 Å². The van der Waals surface area contributed by atoms with Gasteiger partial charge in [0.1, 0.15) is 0 Å². The van der Waals surface area contributed by atoms with Gasteiger partial charge in [0.2, 0.25) is 5.91 Å². The summed E-state index contributed by atoms with van der Waals surface area (Å²) in [6.45, 7) is 9.38. The standard InChI is InChI=1S/C16H33N3O/c1-5-6-7-10-18-16(20)14(3)19-11-8-15(9-12-19)13(2)17-4/h13-15,17H,5-12H2,1-4H3,(H,18,20). The molecule has 0 spiro atoms. The number of nitrogens with zero attached hydrogens (tertiary/aromatic N) is 1. The second-order valence-electron chi connectivity index (χ2n) is 6.12. The summed E-state index contributed by atoms with van der Waals surface area (Å²) in [6, 6.07) is 0.595. The number of carbonyl (C=O) groups excluding carboxylic acids is 1. The fourth-order valence-electron chi connectivity index (χ4n) is 2.94. The van der Waals surface area contributed by atoms with Crippen LogP contribution in [0.25, 0.3) is 0 Å². The summed E-state index contributed by atoms with van der Waals surface area (Å²) in [4.78, 5) is 14.4. The zero-order chi connectivity index (χ0) is 15.0. The van der Waals surface area contributed by atoms with E-state index in [1.165, 1.54) is 25.7 Å². The lowest BCUT2D eigenvalue weighted by Crippen LogP contribution is -2.50. The highest BCUT2D eigenvalue weighted by Gasteiger charge is 2.28. The number of hydrogen-bond donors (Lipinski definition) is 2. The normalized spacial score (nSPS) is 20.6. The van der Waals surface area contributed by atoms with E-state index in [-0.39, 0.29) is 11.9 Å². The Morgan fingerprint density at radius 3 is 2.45 bits per heavy atom. The number of piperidine rings is 1. The summed E-state index contributed by atoms with van der Waals surface area (Å²) in [5.41, 5.74) is 0. The molecule has 1 aliphatic heterocycles. The maximum Gasteiger partial charge on any atom is 0.237 e. The largest absolute Gasteiger partial charge is 0.355 e. The monoisotopic (exact) mass is 283 g/mol. The van der Waals surface area contributed by atoms with Crippen molar-refractivity contribution in [2.45, 2.75) is 65.0 Å². The van der Waals surface area contributed by atoms with Gasteiger partial charge in [-0.2, -0.15) is 0 Å². The van der Waals surface area contributed by atoms with Gasteiger partial charge >= 0.3 is 0 Å². The Hall–Kier alpha value is -0.610. The van der Waals surface area contributed by atoms with Crippen molar-refractivity contribution in [2.75, 3.05) is 26.7 Å². The van der Waals surface area contributed by atoms with Crippen LogP contribution in [0, 0.1) is 5.92 Å². The first-order chi connectivity index (χ1) is 9.60. The van der Waals surface area contributed by atoms with Gasteiger partial charge in [-0.05, 0) is 59.2 Å². The average Bonchev–Trinajstić information content (AvgIpc) is 2.50. The van der Waals surface area contributed by atoms with Gasteiger partial charge in [0, 0.05) is 12.6 Å². The quantitative estimate of drug-likeness (QED) is 0.670. The van der Waals surface area contributed by atoms with Crippen molar-refractivity contribution in [3.63, 3.8) is 0 Å². The van der Waals surface area contributed by atoms with Gasteiger partial charge in [0.05, 0.1) is 6.04 Å². The SMILES string of the molecule is CCCCCNC(=O)C(C)N1CCC(C(C)NC)CC1. The van der Waals surface area contributed by atoms with Crippen LogP contribution < -0.4 is 10.6 Å². The van der Waals surface area contributed by atoms with Crippen LogP contribution in [0.5, 0.6) is 0 Å². The molecule has 0 bridgehead atoms. The summed E-state index contributed by atoms with van der Waals surface area (Å²) >= 11 is 0. The van der Waals surface area contributed by atoms with Gasteiger partial charge < -0.3 is 10.6 Å². The van der Waals surface area contributed by atoms with Gasteiger partial charge in [-0.1, -0.05) is 19.8 Å². The molecular formula is C16H33N3O. The van der Waals surface area contributed by atoms with Crippen LogP contribution in [0.1, 0.15) is 52.9 Å². The van der Waals surface area contributed by atoms with Gasteiger partial charge in [-0.3, -0.25) is 9.69 Å². The molecule has 0 aromatic heterocycles. The van der Waals surface area contributed by atoms with E-state index >= 15 is 0 Å². The van der Waals surface area contributed by atoms with E-state index in [1.54, 1.807) is 0 Å². The lowest BCUT2D eigenvalue weighted by molar-refractivity contribution is -0.126. The number of hydrogen-bond acceptors (Lipinski definition) is 3. The molecule has 4 heteroatoms. The molecule has 0 aromatic carbocycles.